The van der Waals surface area contributed by atoms with Crippen LogP contribution in [0.15, 0.2) is 5.18 Å². The zero-order chi connectivity index (χ0) is 11.7. The fourth-order valence-electron chi connectivity index (χ4n) is 2.20. The van der Waals surface area contributed by atoms with E-state index in [1.54, 1.807) is 0 Å². The summed E-state index contributed by atoms with van der Waals surface area (Å²) in [5.74, 6) is 0.269. The van der Waals surface area contributed by atoms with Gasteiger partial charge in [0.2, 0.25) is 0 Å². The lowest BCUT2D eigenvalue weighted by atomic mass is 9.81. The average Bonchev–Trinajstić information content (AvgIpc) is 2.70. The third-order valence-electron chi connectivity index (χ3n) is 3.03. The van der Waals surface area contributed by atoms with E-state index < -0.39 is 0 Å². The summed E-state index contributed by atoms with van der Waals surface area (Å²) in [5.41, 5.74) is -0.0607. The third-order valence-corrected chi connectivity index (χ3v) is 3.03. The highest BCUT2D eigenvalue weighted by Gasteiger charge is 2.35. The molecule has 1 fully saturated rings. The topological polar surface area (TPSA) is 46.5 Å². The zero-order valence-electron chi connectivity index (χ0n) is 10.2. The van der Waals surface area contributed by atoms with Gasteiger partial charge in [0.1, 0.15) is 5.78 Å². The molecular weight excluding hydrogens is 190 g/mol. The highest BCUT2D eigenvalue weighted by Crippen LogP contribution is 2.41. The van der Waals surface area contributed by atoms with Gasteiger partial charge in [-0.25, -0.2) is 0 Å². The van der Waals surface area contributed by atoms with Crippen molar-refractivity contribution in [3.8, 4) is 0 Å². The molecule has 88 valence electrons. The van der Waals surface area contributed by atoms with Crippen LogP contribution in [0.5, 0.6) is 0 Å². The average molecular weight is 213 g/mol. The van der Waals surface area contributed by atoms with Crippen LogP contribution in [-0.2, 0) is 4.79 Å². The van der Waals surface area contributed by atoms with Crippen LogP contribution in [0.25, 0.3) is 0 Å². The number of ketones is 1. The lowest BCUT2D eigenvalue weighted by Gasteiger charge is -2.24. The molecule has 0 heterocycles. The van der Waals surface area contributed by atoms with Crippen LogP contribution in [-0.4, -0.2) is 12.3 Å². The van der Waals surface area contributed by atoms with E-state index in [1.165, 1.54) is 0 Å². The summed E-state index contributed by atoms with van der Waals surface area (Å²) in [4.78, 5) is 21.6. The highest BCUT2D eigenvalue weighted by atomic mass is 16.3. The Morgan fingerprint density at radius 3 is 2.20 bits per heavy atom. The van der Waals surface area contributed by atoms with Crippen LogP contribution >= 0.6 is 0 Å². The first-order valence-electron chi connectivity index (χ1n) is 6.03. The molecular formula is C12H23NO2. The fourth-order valence-corrected chi connectivity index (χ4v) is 2.20. The first-order chi connectivity index (χ1) is 7.22. The Bertz CT molecular complexity index is 196. The van der Waals surface area contributed by atoms with Crippen LogP contribution in [0.2, 0.25) is 0 Å². The van der Waals surface area contributed by atoms with Crippen molar-refractivity contribution < 1.29 is 4.79 Å². The van der Waals surface area contributed by atoms with Gasteiger partial charge in [-0.15, -0.1) is 0 Å². The SMILES string of the molecule is CC.CCC(=O)CC1(CN=O)CCCC1. The molecule has 0 atom stereocenters. The van der Waals surface area contributed by atoms with Gasteiger partial charge in [-0.1, -0.05) is 38.8 Å². The molecule has 0 unspecified atom stereocenters. The van der Waals surface area contributed by atoms with E-state index in [0.717, 1.165) is 25.7 Å². The van der Waals surface area contributed by atoms with E-state index in [0.29, 0.717) is 19.4 Å². The number of nitrogens with zero attached hydrogens (tertiary/aromatic N) is 1. The first kappa shape index (κ1) is 14.3. The maximum atomic E-state index is 11.3. The van der Waals surface area contributed by atoms with Crippen molar-refractivity contribution in [2.45, 2.75) is 59.3 Å². The van der Waals surface area contributed by atoms with Crippen molar-refractivity contribution >= 4 is 5.78 Å². The van der Waals surface area contributed by atoms with Crippen LogP contribution in [0.3, 0.4) is 0 Å². The summed E-state index contributed by atoms with van der Waals surface area (Å²) >= 11 is 0. The molecule has 0 bridgehead atoms. The smallest absolute Gasteiger partial charge is 0.133 e. The van der Waals surface area contributed by atoms with Crippen molar-refractivity contribution in [2.24, 2.45) is 10.6 Å². The zero-order valence-corrected chi connectivity index (χ0v) is 10.2. The molecule has 0 spiro atoms. The van der Waals surface area contributed by atoms with Gasteiger partial charge in [0, 0.05) is 18.3 Å². The van der Waals surface area contributed by atoms with E-state index in [2.05, 4.69) is 5.18 Å². The predicted molar refractivity (Wildman–Crippen MR) is 62.8 cm³/mol. The number of nitroso groups, excluding NO2 is 1. The van der Waals surface area contributed by atoms with Gasteiger partial charge in [0.05, 0.1) is 6.54 Å². The number of hydrogen-bond acceptors (Lipinski definition) is 3. The number of Topliss-reactive ketones (excluding diaryl/α,β-unsaturated/α-hetero) is 1. The number of rotatable bonds is 5. The summed E-state index contributed by atoms with van der Waals surface area (Å²) in [6.45, 7) is 6.21. The number of carbonyl (C=O) groups is 1. The van der Waals surface area contributed by atoms with Crippen molar-refractivity contribution in [3.05, 3.63) is 4.91 Å². The van der Waals surface area contributed by atoms with Gasteiger partial charge < -0.3 is 0 Å². The second-order valence-corrected chi connectivity index (χ2v) is 4.06. The van der Waals surface area contributed by atoms with E-state index in [-0.39, 0.29) is 11.2 Å². The molecule has 0 aliphatic heterocycles. The van der Waals surface area contributed by atoms with Crippen molar-refractivity contribution in [1.82, 2.24) is 0 Å². The molecule has 0 amide bonds. The van der Waals surface area contributed by atoms with Gasteiger partial charge in [-0.3, -0.25) is 4.79 Å². The fraction of sp³-hybridized carbons (Fsp3) is 0.917. The molecule has 3 nitrogen and oxygen atoms in total. The summed E-state index contributed by atoms with van der Waals surface area (Å²) in [5, 5.41) is 2.97. The minimum Gasteiger partial charge on any atom is -0.300 e. The molecule has 0 aromatic heterocycles. The highest BCUT2D eigenvalue weighted by molar-refractivity contribution is 5.78. The molecule has 1 aliphatic carbocycles. The lowest BCUT2D eigenvalue weighted by Crippen LogP contribution is -2.24. The van der Waals surface area contributed by atoms with E-state index in [9.17, 15) is 9.70 Å². The third kappa shape index (κ3) is 4.54. The molecule has 0 radical (unpaired) electrons. The van der Waals surface area contributed by atoms with E-state index in [4.69, 9.17) is 0 Å². The lowest BCUT2D eigenvalue weighted by molar-refractivity contribution is -0.120. The Kier molecular flexibility index (Phi) is 7.18. The van der Waals surface area contributed by atoms with Gasteiger partial charge in [-0.2, -0.15) is 4.91 Å². The summed E-state index contributed by atoms with van der Waals surface area (Å²) in [6, 6.07) is 0. The predicted octanol–water partition coefficient (Wildman–Crippen LogP) is 3.71. The summed E-state index contributed by atoms with van der Waals surface area (Å²) < 4.78 is 0. The molecule has 0 N–H and O–H groups in total. The maximum absolute atomic E-state index is 11.3. The normalized spacial score (nSPS) is 17.8. The van der Waals surface area contributed by atoms with E-state index >= 15 is 0 Å². The number of carbonyl (C=O) groups excluding carboxylic acids is 1. The first-order valence-corrected chi connectivity index (χ1v) is 6.03. The number of hydrogen-bond donors (Lipinski definition) is 0. The summed E-state index contributed by atoms with van der Waals surface area (Å²) in [7, 11) is 0. The largest absolute Gasteiger partial charge is 0.300 e. The Balaban J connectivity index is 0.000000921. The molecule has 0 aromatic rings. The Hall–Kier alpha value is -0.730. The van der Waals surface area contributed by atoms with Crippen LogP contribution < -0.4 is 0 Å². The Morgan fingerprint density at radius 2 is 1.80 bits per heavy atom. The molecule has 1 aliphatic rings. The molecule has 0 saturated heterocycles. The van der Waals surface area contributed by atoms with Crippen LogP contribution in [0.1, 0.15) is 59.3 Å². The van der Waals surface area contributed by atoms with Crippen molar-refractivity contribution in [3.63, 3.8) is 0 Å². The van der Waals surface area contributed by atoms with Crippen molar-refractivity contribution in [1.29, 1.82) is 0 Å². The van der Waals surface area contributed by atoms with E-state index in [1.807, 2.05) is 20.8 Å². The second-order valence-electron chi connectivity index (χ2n) is 4.06. The molecule has 1 saturated carbocycles. The molecule has 0 aromatic carbocycles. The quantitative estimate of drug-likeness (QED) is 0.653. The van der Waals surface area contributed by atoms with Crippen molar-refractivity contribution in [2.75, 3.05) is 6.54 Å². The molecule has 1 rings (SSSR count). The Labute approximate surface area is 92.6 Å². The summed E-state index contributed by atoms with van der Waals surface area (Å²) in [6.07, 6.45) is 5.45. The molecule has 3 heteroatoms. The minimum atomic E-state index is -0.0607. The van der Waals surface area contributed by atoms with Gasteiger partial charge in [0.15, 0.2) is 0 Å². The Morgan fingerprint density at radius 1 is 1.27 bits per heavy atom. The van der Waals surface area contributed by atoms with Gasteiger partial charge in [0.25, 0.3) is 0 Å². The standard InChI is InChI=1S/C10H17NO2.C2H6/c1-2-9(12)7-10(8-11-13)5-3-4-6-10;1-2/h2-8H2,1H3;1-2H3. The van der Waals surface area contributed by atoms with Gasteiger partial charge >= 0.3 is 0 Å². The van der Waals surface area contributed by atoms with Crippen LogP contribution in [0.4, 0.5) is 0 Å². The maximum Gasteiger partial charge on any atom is 0.133 e. The minimum absolute atomic E-state index is 0.0607. The molecule has 15 heavy (non-hydrogen) atoms. The van der Waals surface area contributed by atoms with Gasteiger partial charge in [-0.05, 0) is 12.8 Å². The van der Waals surface area contributed by atoms with Crippen LogP contribution in [0, 0.1) is 10.3 Å². The second kappa shape index (κ2) is 7.55. The monoisotopic (exact) mass is 213 g/mol.